The van der Waals surface area contributed by atoms with Gasteiger partial charge in [-0.15, -0.1) is 0 Å². The largest absolute Gasteiger partial charge is 0.454 e. The number of nitrogens with one attached hydrogen (secondary N) is 1. The number of rotatable bonds is 4. The number of carbonyl (C=O) groups excluding carboxylic acids is 1. The average molecular weight is 341 g/mol. The van der Waals surface area contributed by atoms with Crippen molar-refractivity contribution >= 4 is 23.6 Å². The Morgan fingerprint density at radius 2 is 2.21 bits per heavy atom. The molecule has 0 aliphatic carbocycles. The van der Waals surface area contributed by atoms with Crippen molar-refractivity contribution in [3.05, 3.63) is 64.2 Å². The number of fused-ring (bicyclic) bond motifs is 1. The first-order valence-electron chi connectivity index (χ1n) is 7.20. The van der Waals surface area contributed by atoms with Gasteiger partial charge in [-0.05, 0) is 41.5 Å². The van der Waals surface area contributed by atoms with Gasteiger partial charge >= 0.3 is 0 Å². The Bertz CT molecular complexity index is 856. The zero-order valence-corrected chi connectivity index (χ0v) is 13.3. The predicted octanol–water partition coefficient (Wildman–Crippen LogP) is 3.27. The third kappa shape index (κ3) is 3.67. The van der Waals surface area contributed by atoms with E-state index in [9.17, 15) is 4.79 Å². The fourth-order valence-corrected chi connectivity index (χ4v) is 2.53. The van der Waals surface area contributed by atoms with Gasteiger partial charge in [0.2, 0.25) is 12.7 Å². The highest BCUT2D eigenvalue weighted by Gasteiger charge is 2.17. The van der Waals surface area contributed by atoms with E-state index in [0.29, 0.717) is 28.6 Å². The maximum Gasteiger partial charge on any atom is 0.244 e. The van der Waals surface area contributed by atoms with Gasteiger partial charge in [0.25, 0.3) is 0 Å². The van der Waals surface area contributed by atoms with Crippen LogP contribution in [-0.4, -0.2) is 12.7 Å². The molecule has 0 unspecified atom stereocenters. The number of benzene rings is 2. The SMILES string of the molecule is N#Cc1cccc(CNC(=O)/C=C/c2cc(Cl)c3c(c2)OCO3)c1. The van der Waals surface area contributed by atoms with Gasteiger partial charge in [-0.25, -0.2) is 0 Å². The fourth-order valence-electron chi connectivity index (χ4n) is 2.25. The summed E-state index contributed by atoms with van der Waals surface area (Å²) in [6, 6.07) is 12.6. The summed E-state index contributed by atoms with van der Waals surface area (Å²) in [7, 11) is 0. The molecule has 0 spiro atoms. The fraction of sp³-hybridized carbons (Fsp3) is 0.111. The molecule has 2 aromatic carbocycles. The van der Waals surface area contributed by atoms with Crippen LogP contribution < -0.4 is 14.8 Å². The summed E-state index contributed by atoms with van der Waals surface area (Å²) in [6.07, 6.45) is 3.07. The molecule has 0 aromatic heterocycles. The number of amides is 1. The van der Waals surface area contributed by atoms with E-state index in [1.165, 1.54) is 6.08 Å². The second kappa shape index (κ2) is 7.07. The number of nitrogens with zero attached hydrogens (tertiary/aromatic N) is 1. The summed E-state index contributed by atoms with van der Waals surface area (Å²) < 4.78 is 10.5. The topological polar surface area (TPSA) is 71.4 Å². The minimum absolute atomic E-state index is 0.143. The molecule has 6 heteroatoms. The van der Waals surface area contributed by atoms with Crippen LogP contribution in [0.1, 0.15) is 16.7 Å². The van der Waals surface area contributed by atoms with E-state index in [1.807, 2.05) is 6.07 Å². The van der Waals surface area contributed by atoms with Crippen LogP contribution in [0.2, 0.25) is 5.02 Å². The lowest BCUT2D eigenvalue weighted by Gasteiger charge is -2.03. The maximum atomic E-state index is 11.9. The number of halogens is 1. The molecule has 0 radical (unpaired) electrons. The highest BCUT2D eigenvalue weighted by molar-refractivity contribution is 6.32. The second-order valence-corrected chi connectivity index (χ2v) is 5.51. The number of carbonyl (C=O) groups is 1. The van der Waals surface area contributed by atoms with Crippen LogP contribution >= 0.6 is 11.6 Å². The molecule has 1 aliphatic heterocycles. The lowest BCUT2D eigenvalue weighted by molar-refractivity contribution is -0.116. The highest BCUT2D eigenvalue weighted by Crippen LogP contribution is 2.40. The summed E-state index contributed by atoms with van der Waals surface area (Å²) in [4.78, 5) is 11.9. The molecule has 3 rings (SSSR count). The monoisotopic (exact) mass is 340 g/mol. The smallest absolute Gasteiger partial charge is 0.244 e. The molecule has 24 heavy (non-hydrogen) atoms. The number of ether oxygens (including phenoxy) is 2. The molecule has 0 saturated heterocycles. The van der Waals surface area contributed by atoms with E-state index in [0.717, 1.165) is 11.1 Å². The number of hydrogen-bond donors (Lipinski definition) is 1. The van der Waals surface area contributed by atoms with Crippen LogP contribution in [0.3, 0.4) is 0 Å². The first-order valence-corrected chi connectivity index (χ1v) is 7.57. The van der Waals surface area contributed by atoms with Crippen molar-refractivity contribution in [2.45, 2.75) is 6.54 Å². The molecule has 0 saturated carbocycles. The molecule has 1 aliphatic rings. The molecule has 2 aromatic rings. The Morgan fingerprint density at radius 3 is 3.04 bits per heavy atom. The van der Waals surface area contributed by atoms with E-state index in [-0.39, 0.29) is 12.7 Å². The van der Waals surface area contributed by atoms with Gasteiger partial charge in [0.1, 0.15) is 0 Å². The van der Waals surface area contributed by atoms with Gasteiger partial charge in [0.15, 0.2) is 11.5 Å². The molecule has 120 valence electrons. The third-order valence-electron chi connectivity index (χ3n) is 3.40. The predicted molar refractivity (Wildman–Crippen MR) is 89.6 cm³/mol. The zero-order valence-electron chi connectivity index (χ0n) is 12.6. The number of nitriles is 1. The van der Waals surface area contributed by atoms with Crippen LogP contribution in [0.15, 0.2) is 42.5 Å². The van der Waals surface area contributed by atoms with Crippen molar-refractivity contribution < 1.29 is 14.3 Å². The van der Waals surface area contributed by atoms with Crippen LogP contribution in [0.25, 0.3) is 6.08 Å². The first kappa shape index (κ1) is 15.9. The van der Waals surface area contributed by atoms with Crippen molar-refractivity contribution in [2.75, 3.05) is 6.79 Å². The summed E-state index contributed by atoms with van der Waals surface area (Å²) in [6.45, 7) is 0.491. The van der Waals surface area contributed by atoms with Gasteiger partial charge in [-0.1, -0.05) is 23.7 Å². The molecule has 5 nitrogen and oxygen atoms in total. The lowest BCUT2D eigenvalue weighted by Crippen LogP contribution is -2.20. The molecule has 0 atom stereocenters. The van der Waals surface area contributed by atoms with Crippen LogP contribution in [0, 0.1) is 11.3 Å². The van der Waals surface area contributed by atoms with Gasteiger partial charge in [-0.2, -0.15) is 5.26 Å². The van der Waals surface area contributed by atoms with Crippen LogP contribution in [-0.2, 0) is 11.3 Å². The third-order valence-corrected chi connectivity index (χ3v) is 3.68. The molecular weight excluding hydrogens is 328 g/mol. The Balaban J connectivity index is 1.61. The summed E-state index contributed by atoms with van der Waals surface area (Å²) in [5.41, 5.74) is 2.17. The average Bonchev–Trinajstić information content (AvgIpc) is 3.07. The minimum Gasteiger partial charge on any atom is -0.454 e. The minimum atomic E-state index is -0.244. The van der Waals surface area contributed by atoms with Crippen molar-refractivity contribution in [1.29, 1.82) is 5.26 Å². The number of hydrogen-bond acceptors (Lipinski definition) is 4. The first-order chi connectivity index (χ1) is 11.7. The standard InChI is InChI=1S/C18H13ClN2O3/c19-15-7-12(8-16-18(15)24-11-23-16)4-5-17(22)21-10-14-3-1-2-13(6-14)9-20/h1-8H,10-11H2,(H,21,22)/b5-4+. The van der Waals surface area contributed by atoms with E-state index in [4.69, 9.17) is 26.3 Å². The van der Waals surface area contributed by atoms with Crippen molar-refractivity contribution in [3.63, 3.8) is 0 Å². The summed E-state index contributed by atoms with van der Waals surface area (Å²) in [5.74, 6) is 0.845. The highest BCUT2D eigenvalue weighted by atomic mass is 35.5. The van der Waals surface area contributed by atoms with Crippen molar-refractivity contribution in [2.24, 2.45) is 0 Å². The normalized spacial score (nSPS) is 12.2. The lowest BCUT2D eigenvalue weighted by atomic mass is 10.1. The summed E-state index contributed by atoms with van der Waals surface area (Å²) >= 11 is 6.09. The van der Waals surface area contributed by atoms with Crippen molar-refractivity contribution in [3.8, 4) is 17.6 Å². The Hall–Kier alpha value is -2.97. The quantitative estimate of drug-likeness (QED) is 0.867. The Kier molecular flexibility index (Phi) is 4.69. The summed E-state index contributed by atoms with van der Waals surface area (Å²) in [5, 5.41) is 12.1. The van der Waals surface area contributed by atoms with Gasteiger partial charge in [-0.3, -0.25) is 4.79 Å². The Morgan fingerprint density at radius 1 is 1.33 bits per heavy atom. The van der Waals surface area contributed by atoms with Gasteiger partial charge < -0.3 is 14.8 Å². The van der Waals surface area contributed by atoms with E-state index in [1.54, 1.807) is 36.4 Å². The van der Waals surface area contributed by atoms with E-state index >= 15 is 0 Å². The van der Waals surface area contributed by atoms with Crippen molar-refractivity contribution in [1.82, 2.24) is 5.32 Å². The molecule has 1 heterocycles. The zero-order chi connectivity index (χ0) is 16.9. The van der Waals surface area contributed by atoms with E-state index in [2.05, 4.69) is 11.4 Å². The van der Waals surface area contributed by atoms with Crippen LogP contribution in [0.4, 0.5) is 0 Å². The molecule has 1 N–H and O–H groups in total. The molecule has 0 bridgehead atoms. The molecular formula is C18H13ClN2O3. The molecule has 1 amide bonds. The Labute approximate surface area is 144 Å². The molecule has 0 fully saturated rings. The second-order valence-electron chi connectivity index (χ2n) is 5.10. The van der Waals surface area contributed by atoms with Gasteiger partial charge in [0.05, 0.1) is 16.7 Å². The maximum absolute atomic E-state index is 11.9. The van der Waals surface area contributed by atoms with Gasteiger partial charge in [0, 0.05) is 12.6 Å². The van der Waals surface area contributed by atoms with Crippen LogP contribution in [0.5, 0.6) is 11.5 Å². The van der Waals surface area contributed by atoms with E-state index < -0.39 is 0 Å².